The summed E-state index contributed by atoms with van der Waals surface area (Å²) in [4.78, 5) is 5.25. The van der Waals surface area contributed by atoms with Gasteiger partial charge in [-0.1, -0.05) is 35.5 Å². The molecule has 0 amide bonds. The number of oxime groups is 1. The summed E-state index contributed by atoms with van der Waals surface area (Å²) in [5.41, 5.74) is 1.47. The van der Waals surface area contributed by atoms with Crippen LogP contribution in [0, 0.1) is 0 Å². The van der Waals surface area contributed by atoms with Crippen LogP contribution in [0.25, 0.3) is 0 Å². The molecule has 2 rings (SSSR count). The number of hydrogen-bond acceptors (Lipinski definition) is 5. The third-order valence-electron chi connectivity index (χ3n) is 2.80. The predicted octanol–water partition coefficient (Wildman–Crippen LogP) is 1.70. The first-order valence-electron chi connectivity index (χ1n) is 6.26. The van der Waals surface area contributed by atoms with Crippen molar-refractivity contribution in [2.24, 2.45) is 5.16 Å². The van der Waals surface area contributed by atoms with E-state index in [0.29, 0.717) is 18.9 Å². The molecular weight excluding hydrogens is 246 g/mol. The average molecular weight is 265 g/mol. The molecule has 1 aliphatic heterocycles. The minimum Gasteiger partial charge on any atom is -0.391 e. The second-order valence-electron chi connectivity index (χ2n) is 4.82. The van der Waals surface area contributed by atoms with Gasteiger partial charge in [-0.2, -0.15) is 0 Å². The van der Waals surface area contributed by atoms with Gasteiger partial charge in [-0.25, -0.2) is 0 Å². The topological polar surface area (TPSA) is 60.3 Å². The van der Waals surface area contributed by atoms with Gasteiger partial charge in [-0.15, -0.1) is 0 Å². The lowest BCUT2D eigenvalue weighted by Gasteiger charge is -2.17. The molecule has 1 atom stereocenters. The number of benzene rings is 1. The van der Waals surface area contributed by atoms with Crippen molar-refractivity contribution in [1.29, 1.82) is 0 Å². The number of rotatable bonds is 5. The molecule has 0 saturated carbocycles. The molecule has 0 aromatic heterocycles. The van der Waals surface area contributed by atoms with Crippen LogP contribution in [0.4, 0.5) is 0 Å². The lowest BCUT2D eigenvalue weighted by atomic mass is 10.2. The van der Waals surface area contributed by atoms with Crippen molar-refractivity contribution in [3.8, 4) is 0 Å². The van der Waals surface area contributed by atoms with Gasteiger partial charge >= 0.3 is 0 Å². The molecule has 1 fully saturated rings. The van der Waals surface area contributed by atoms with E-state index in [-0.39, 0.29) is 12.7 Å². The van der Waals surface area contributed by atoms with Crippen LogP contribution in [-0.4, -0.2) is 35.9 Å². The third kappa shape index (κ3) is 4.02. The summed E-state index contributed by atoms with van der Waals surface area (Å²) < 4.78 is 11.0. The van der Waals surface area contributed by atoms with Crippen LogP contribution >= 0.6 is 0 Å². The summed E-state index contributed by atoms with van der Waals surface area (Å²) >= 11 is 0. The van der Waals surface area contributed by atoms with E-state index in [4.69, 9.17) is 14.3 Å². The van der Waals surface area contributed by atoms with Gasteiger partial charge in [-0.3, -0.25) is 0 Å². The minimum atomic E-state index is -0.639. The van der Waals surface area contributed by atoms with E-state index in [0.717, 1.165) is 5.56 Å². The lowest BCUT2D eigenvalue weighted by molar-refractivity contribution is -0.131. The Morgan fingerprint density at radius 3 is 2.74 bits per heavy atom. The Morgan fingerprint density at radius 1 is 1.42 bits per heavy atom. The number of nitrogens with zero attached hydrogens (tertiary/aromatic N) is 1. The highest BCUT2D eigenvalue weighted by Crippen LogP contribution is 2.23. The van der Waals surface area contributed by atoms with E-state index >= 15 is 0 Å². The molecule has 0 aliphatic carbocycles. The smallest absolute Gasteiger partial charge is 0.163 e. The summed E-state index contributed by atoms with van der Waals surface area (Å²) in [5, 5.41) is 13.3. The Labute approximate surface area is 112 Å². The highest BCUT2D eigenvalue weighted by Gasteiger charge is 2.35. The van der Waals surface area contributed by atoms with Gasteiger partial charge in [0.1, 0.15) is 18.4 Å². The van der Waals surface area contributed by atoms with Crippen molar-refractivity contribution < 1.29 is 19.4 Å². The standard InChI is InChI=1S/C14H19NO4/c1-14(2)17-10-13(19-14)12(8-16)15-18-9-11-6-4-3-5-7-11/h3-7,13,16H,8-10H2,1-2H3/b15-12+. The van der Waals surface area contributed by atoms with Crippen molar-refractivity contribution >= 4 is 5.71 Å². The Balaban J connectivity index is 1.89. The van der Waals surface area contributed by atoms with Crippen LogP contribution in [0.15, 0.2) is 35.5 Å². The van der Waals surface area contributed by atoms with Gasteiger partial charge in [-0.05, 0) is 19.4 Å². The van der Waals surface area contributed by atoms with E-state index in [2.05, 4.69) is 5.16 Å². The predicted molar refractivity (Wildman–Crippen MR) is 70.7 cm³/mol. The van der Waals surface area contributed by atoms with Gasteiger partial charge < -0.3 is 19.4 Å². The van der Waals surface area contributed by atoms with Crippen LogP contribution in [0.2, 0.25) is 0 Å². The Bertz CT molecular complexity index is 430. The highest BCUT2D eigenvalue weighted by molar-refractivity contribution is 5.89. The van der Waals surface area contributed by atoms with Gasteiger partial charge in [0.05, 0.1) is 13.2 Å². The Morgan fingerprint density at radius 2 is 2.16 bits per heavy atom. The van der Waals surface area contributed by atoms with Crippen molar-refractivity contribution in [1.82, 2.24) is 0 Å². The average Bonchev–Trinajstić information content (AvgIpc) is 2.76. The highest BCUT2D eigenvalue weighted by atomic mass is 16.7. The molecule has 1 aliphatic rings. The molecule has 1 heterocycles. The van der Waals surface area contributed by atoms with Crippen LogP contribution < -0.4 is 0 Å². The van der Waals surface area contributed by atoms with Crippen molar-refractivity contribution in [3.63, 3.8) is 0 Å². The molecule has 5 nitrogen and oxygen atoms in total. The van der Waals surface area contributed by atoms with E-state index < -0.39 is 5.79 Å². The van der Waals surface area contributed by atoms with E-state index in [9.17, 15) is 5.11 Å². The van der Waals surface area contributed by atoms with Gasteiger partial charge in [0.15, 0.2) is 5.79 Å². The summed E-state index contributed by atoms with van der Waals surface area (Å²) in [7, 11) is 0. The summed E-state index contributed by atoms with van der Waals surface area (Å²) in [6.07, 6.45) is -0.351. The van der Waals surface area contributed by atoms with E-state index in [1.165, 1.54) is 0 Å². The summed E-state index contributed by atoms with van der Waals surface area (Å²) in [6, 6.07) is 9.72. The molecule has 5 heteroatoms. The lowest BCUT2D eigenvalue weighted by Crippen LogP contribution is -2.29. The normalized spacial score (nSPS) is 22.5. The molecular formula is C14H19NO4. The molecule has 0 spiro atoms. The zero-order valence-corrected chi connectivity index (χ0v) is 11.2. The molecule has 1 saturated heterocycles. The molecule has 1 aromatic rings. The number of ether oxygens (including phenoxy) is 2. The second kappa shape index (κ2) is 6.14. The van der Waals surface area contributed by atoms with Crippen molar-refractivity contribution in [2.75, 3.05) is 13.2 Å². The molecule has 1 unspecified atom stereocenters. The Kier molecular flexibility index (Phi) is 4.52. The summed E-state index contributed by atoms with van der Waals surface area (Å²) in [5.74, 6) is -0.639. The number of aliphatic hydroxyl groups excluding tert-OH is 1. The molecule has 0 bridgehead atoms. The summed E-state index contributed by atoms with van der Waals surface area (Å²) in [6.45, 7) is 4.18. The largest absolute Gasteiger partial charge is 0.391 e. The van der Waals surface area contributed by atoms with Crippen LogP contribution in [0.1, 0.15) is 19.4 Å². The van der Waals surface area contributed by atoms with Gasteiger partial charge in [0, 0.05) is 0 Å². The minimum absolute atomic E-state index is 0.209. The quantitative estimate of drug-likeness (QED) is 0.650. The maximum atomic E-state index is 9.31. The van der Waals surface area contributed by atoms with Gasteiger partial charge in [0.2, 0.25) is 0 Å². The maximum Gasteiger partial charge on any atom is 0.163 e. The first-order valence-corrected chi connectivity index (χ1v) is 6.26. The first kappa shape index (κ1) is 14.0. The van der Waals surface area contributed by atoms with Crippen LogP contribution in [0.5, 0.6) is 0 Å². The molecule has 1 aromatic carbocycles. The fourth-order valence-electron chi connectivity index (χ4n) is 1.80. The third-order valence-corrected chi connectivity index (χ3v) is 2.80. The van der Waals surface area contributed by atoms with Gasteiger partial charge in [0.25, 0.3) is 0 Å². The number of hydrogen-bond donors (Lipinski definition) is 1. The molecule has 1 N–H and O–H groups in total. The maximum absolute atomic E-state index is 9.31. The Hall–Kier alpha value is -1.43. The molecule has 0 radical (unpaired) electrons. The molecule has 19 heavy (non-hydrogen) atoms. The van der Waals surface area contributed by atoms with E-state index in [1.54, 1.807) is 0 Å². The monoisotopic (exact) mass is 265 g/mol. The van der Waals surface area contributed by atoms with Crippen LogP contribution in [-0.2, 0) is 20.9 Å². The first-order chi connectivity index (χ1) is 9.11. The molecule has 104 valence electrons. The zero-order valence-electron chi connectivity index (χ0n) is 11.2. The number of aliphatic hydroxyl groups is 1. The van der Waals surface area contributed by atoms with E-state index in [1.807, 2.05) is 44.2 Å². The van der Waals surface area contributed by atoms with Crippen molar-refractivity contribution in [2.45, 2.75) is 32.3 Å². The SMILES string of the molecule is CC1(C)OCC(/C(CO)=N/OCc2ccccc2)O1. The fraction of sp³-hybridized carbons (Fsp3) is 0.500. The van der Waals surface area contributed by atoms with Crippen molar-refractivity contribution in [3.05, 3.63) is 35.9 Å². The zero-order chi connectivity index (χ0) is 13.7. The second-order valence-corrected chi connectivity index (χ2v) is 4.82. The van der Waals surface area contributed by atoms with Crippen LogP contribution in [0.3, 0.4) is 0 Å². The fourth-order valence-corrected chi connectivity index (χ4v) is 1.80.